The van der Waals surface area contributed by atoms with E-state index in [9.17, 15) is 33.1 Å². The minimum Gasteiger partial charge on any atom is -0.480 e. The number of nitrogens with one attached hydrogen (secondary N) is 1. The summed E-state index contributed by atoms with van der Waals surface area (Å²) in [5, 5.41) is 10.8. The van der Waals surface area contributed by atoms with Crippen LogP contribution in [0.25, 0.3) is 11.1 Å². The van der Waals surface area contributed by atoms with Crippen molar-refractivity contribution in [3.63, 3.8) is 0 Å². The van der Waals surface area contributed by atoms with Gasteiger partial charge in [-0.2, -0.15) is 0 Å². The number of aliphatic carboxylic acids is 1. The number of hydrogen-bond acceptors (Lipinski definition) is 8. The minimum atomic E-state index is -1.33. The molecule has 36 heavy (non-hydrogen) atoms. The Kier molecular flexibility index (Phi) is 11.0. The zero-order valence-electron chi connectivity index (χ0n) is 19.5. The van der Waals surface area contributed by atoms with E-state index < -0.39 is 52.2 Å². The number of amides is 1. The predicted octanol–water partition coefficient (Wildman–Crippen LogP) is 2.46. The maximum atomic E-state index is 14.6. The number of rotatable bonds is 12. The highest BCUT2D eigenvalue weighted by molar-refractivity contribution is 8.14. The number of ether oxygens (including phenoxy) is 1. The summed E-state index contributed by atoms with van der Waals surface area (Å²) in [6, 6.07) is 4.50. The molecule has 1 amide bonds. The summed E-state index contributed by atoms with van der Waals surface area (Å²) < 4.78 is 34.5. The van der Waals surface area contributed by atoms with Gasteiger partial charge in [-0.1, -0.05) is 24.2 Å². The number of thioether (sulfide) groups is 1. The molecule has 0 unspecified atom stereocenters. The Hall–Kier alpha value is -3.35. The van der Waals surface area contributed by atoms with E-state index in [0.717, 1.165) is 31.2 Å². The van der Waals surface area contributed by atoms with Gasteiger partial charge in [0.05, 0.1) is 5.56 Å². The molecule has 0 heterocycles. The number of hydrogen-bond donors (Lipinski definition) is 4. The van der Waals surface area contributed by atoms with E-state index in [-0.39, 0.29) is 22.6 Å². The number of carbonyl (C=O) groups excluding carboxylic acids is 3. The quantitative estimate of drug-likeness (QED) is 0.186. The summed E-state index contributed by atoms with van der Waals surface area (Å²) >= 11 is 0.596. The van der Waals surface area contributed by atoms with Gasteiger partial charge in [0.1, 0.15) is 29.5 Å². The number of halogens is 2. The molecule has 0 radical (unpaired) electrons. The summed E-state index contributed by atoms with van der Waals surface area (Å²) in [6.45, 7) is 1.58. The van der Waals surface area contributed by atoms with Crippen molar-refractivity contribution in [2.45, 2.75) is 38.3 Å². The van der Waals surface area contributed by atoms with Gasteiger partial charge in [0, 0.05) is 23.8 Å². The van der Waals surface area contributed by atoms with Crippen LogP contribution in [-0.2, 0) is 14.4 Å². The first-order valence-corrected chi connectivity index (χ1v) is 12.0. The topological polar surface area (TPSA) is 162 Å². The lowest BCUT2D eigenvalue weighted by Gasteiger charge is -2.16. The van der Waals surface area contributed by atoms with Crippen molar-refractivity contribution >= 4 is 34.7 Å². The van der Waals surface area contributed by atoms with Crippen LogP contribution in [0.1, 0.15) is 36.5 Å². The Labute approximate surface area is 210 Å². The predicted molar refractivity (Wildman–Crippen MR) is 130 cm³/mol. The molecular weight excluding hydrogens is 496 g/mol. The number of esters is 1. The molecule has 6 N–H and O–H groups in total. The van der Waals surface area contributed by atoms with Crippen molar-refractivity contribution < 1.29 is 37.8 Å². The zero-order chi connectivity index (χ0) is 26.8. The van der Waals surface area contributed by atoms with Crippen molar-refractivity contribution in [3.8, 4) is 16.9 Å². The van der Waals surface area contributed by atoms with E-state index in [1.165, 1.54) is 12.1 Å². The van der Waals surface area contributed by atoms with E-state index >= 15 is 0 Å². The lowest BCUT2D eigenvalue weighted by molar-refractivity contribution is -0.140. The average Bonchev–Trinajstić information content (AvgIpc) is 2.81. The molecule has 0 aliphatic heterocycles. The van der Waals surface area contributed by atoms with Crippen LogP contribution in [0, 0.1) is 11.6 Å². The van der Waals surface area contributed by atoms with Crippen molar-refractivity contribution in [1.82, 2.24) is 5.32 Å². The van der Waals surface area contributed by atoms with Gasteiger partial charge in [-0.15, -0.1) is 0 Å². The Bertz CT molecular complexity index is 1110. The Morgan fingerprint density at radius 1 is 1.11 bits per heavy atom. The van der Waals surface area contributed by atoms with Gasteiger partial charge in [-0.25, -0.2) is 18.4 Å². The summed E-state index contributed by atoms with van der Waals surface area (Å²) in [6.07, 6.45) is 1.54. The first-order chi connectivity index (χ1) is 17.0. The Morgan fingerprint density at radius 2 is 1.78 bits per heavy atom. The molecule has 0 saturated carbocycles. The van der Waals surface area contributed by atoms with Gasteiger partial charge in [0.15, 0.2) is 0 Å². The van der Waals surface area contributed by atoms with Gasteiger partial charge in [-0.05, 0) is 49.7 Å². The molecule has 0 saturated heterocycles. The van der Waals surface area contributed by atoms with Gasteiger partial charge in [0.2, 0.25) is 11.0 Å². The van der Waals surface area contributed by atoms with E-state index in [1.807, 2.05) is 0 Å². The molecule has 2 aromatic rings. The van der Waals surface area contributed by atoms with Gasteiger partial charge >= 0.3 is 11.9 Å². The van der Waals surface area contributed by atoms with Crippen molar-refractivity contribution in [1.29, 1.82) is 0 Å². The van der Waals surface area contributed by atoms with Crippen LogP contribution in [-0.4, -0.2) is 52.4 Å². The molecule has 0 spiro atoms. The first-order valence-electron chi connectivity index (χ1n) is 11.0. The maximum Gasteiger partial charge on any atom is 0.328 e. The number of benzene rings is 2. The van der Waals surface area contributed by atoms with E-state index in [1.54, 1.807) is 0 Å². The van der Waals surface area contributed by atoms with Crippen LogP contribution in [0.3, 0.4) is 0 Å². The van der Waals surface area contributed by atoms with Crippen LogP contribution in [0.4, 0.5) is 8.78 Å². The van der Waals surface area contributed by atoms with Gasteiger partial charge < -0.3 is 26.6 Å². The third-order valence-corrected chi connectivity index (χ3v) is 5.98. The minimum absolute atomic E-state index is 0.0309. The fraction of sp³-hybridized carbons (Fsp3) is 0.333. The fourth-order valence-corrected chi connectivity index (χ4v) is 4.01. The molecule has 12 heteroatoms. The van der Waals surface area contributed by atoms with Gasteiger partial charge in [0.25, 0.3) is 0 Å². The molecule has 2 atom stereocenters. The second-order valence-corrected chi connectivity index (χ2v) is 8.80. The molecule has 0 bridgehead atoms. The highest BCUT2D eigenvalue weighted by Gasteiger charge is 2.24. The number of carboxylic acid groups (broad SMARTS) is 1. The zero-order valence-corrected chi connectivity index (χ0v) is 20.3. The third kappa shape index (κ3) is 8.11. The molecular formula is C24H27F2N3O6S. The van der Waals surface area contributed by atoms with Crippen molar-refractivity contribution in [2.24, 2.45) is 11.5 Å². The molecule has 0 fully saturated rings. The molecule has 0 aliphatic rings. The number of unbranched alkanes of at least 4 members (excludes halogenated alkanes) is 1. The summed E-state index contributed by atoms with van der Waals surface area (Å²) in [7, 11) is 0. The standard InChI is InChI=1S/C24H27F2N3O6S/c1-13(30)29-19(22(31)32)12-36-24(34)14-8-9-20(35-23(33)18(28)7-2-3-10-27)15(11-14)21-16(25)5-4-6-17(21)26/h4-6,8-9,11,18-19H,2-3,7,10,12,27-28H2,1H3,(H,29,30)(H,31,32)/t18-,19-/m0/s1. The monoisotopic (exact) mass is 523 g/mol. The Morgan fingerprint density at radius 3 is 2.36 bits per heavy atom. The number of carboxylic acids is 1. The highest BCUT2D eigenvalue weighted by Crippen LogP contribution is 2.36. The van der Waals surface area contributed by atoms with Crippen LogP contribution >= 0.6 is 11.8 Å². The van der Waals surface area contributed by atoms with Gasteiger partial charge in [-0.3, -0.25) is 9.59 Å². The smallest absolute Gasteiger partial charge is 0.328 e. The molecule has 9 nitrogen and oxygen atoms in total. The molecule has 0 aliphatic carbocycles. The molecule has 2 aromatic carbocycles. The fourth-order valence-electron chi connectivity index (χ4n) is 3.17. The maximum absolute atomic E-state index is 14.6. The van der Waals surface area contributed by atoms with Crippen molar-refractivity contribution in [3.05, 3.63) is 53.6 Å². The van der Waals surface area contributed by atoms with Crippen LogP contribution < -0.4 is 21.5 Å². The lowest BCUT2D eigenvalue weighted by Crippen LogP contribution is -2.41. The highest BCUT2D eigenvalue weighted by atomic mass is 32.2. The number of nitrogens with two attached hydrogens (primary N) is 2. The normalized spacial score (nSPS) is 12.5. The van der Waals surface area contributed by atoms with E-state index in [4.69, 9.17) is 16.2 Å². The van der Waals surface area contributed by atoms with Crippen LogP contribution in [0.15, 0.2) is 36.4 Å². The van der Waals surface area contributed by atoms with E-state index in [2.05, 4.69) is 5.32 Å². The van der Waals surface area contributed by atoms with Crippen LogP contribution in [0.2, 0.25) is 0 Å². The molecule has 194 valence electrons. The number of carbonyl (C=O) groups is 4. The lowest BCUT2D eigenvalue weighted by atomic mass is 10.0. The third-order valence-electron chi connectivity index (χ3n) is 4.99. The van der Waals surface area contributed by atoms with Crippen LogP contribution in [0.5, 0.6) is 5.75 Å². The summed E-state index contributed by atoms with van der Waals surface area (Å²) in [5.41, 5.74) is 10.6. The second-order valence-electron chi connectivity index (χ2n) is 7.81. The Balaban J connectivity index is 2.36. The van der Waals surface area contributed by atoms with E-state index in [0.29, 0.717) is 37.6 Å². The SMILES string of the molecule is CC(=O)N[C@@H](CSC(=O)c1ccc(OC(=O)[C@@H](N)CCCCN)c(-c2c(F)cccc2F)c1)C(=O)O. The largest absolute Gasteiger partial charge is 0.480 e. The average molecular weight is 524 g/mol. The first kappa shape index (κ1) is 28.9. The van der Waals surface area contributed by atoms with Crippen molar-refractivity contribution in [2.75, 3.05) is 12.3 Å². The summed E-state index contributed by atoms with van der Waals surface area (Å²) in [5.74, 6) is -5.13. The summed E-state index contributed by atoms with van der Waals surface area (Å²) in [4.78, 5) is 47.7. The second kappa shape index (κ2) is 13.7. The molecule has 2 rings (SSSR count). The molecule has 0 aromatic heterocycles.